The van der Waals surface area contributed by atoms with Crippen LogP contribution >= 0.6 is 0 Å². The first kappa shape index (κ1) is 16.8. The predicted octanol–water partition coefficient (Wildman–Crippen LogP) is 3.16. The molecule has 4 rings (SSSR count). The molecule has 1 saturated carbocycles. The molecule has 6 heteroatoms. The van der Waals surface area contributed by atoms with Crippen LogP contribution in [0.25, 0.3) is 0 Å². The molecular weight excluding hydrogens is 335 g/mol. The number of carbonyl (C=O) groups is 1. The van der Waals surface area contributed by atoms with E-state index in [-0.39, 0.29) is 23.7 Å². The van der Waals surface area contributed by atoms with Crippen molar-refractivity contribution in [1.82, 2.24) is 9.88 Å². The molecule has 1 saturated heterocycles. The third kappa shape index (κ3) is 3.11. The molecule has 1 aliphatic heterocycles. The topological polar surface area (TPSA) is 51.7 Å². The number of benzene rings is 1. The Labute approximate surface area is 151 Å². The highest BCUT2D eigenvalue weighted by Crippen LogP contribution is 2.40. The minimum absolute atomic E-state index is 0.00962. The molecule has 5 nitrogen and oxygen atoms in total. The molecule has 2 heterocycles. The van der Waals surface area contributed by atoms with Crippen molar-refractivity contribution in [2.45, 2.75) is 18.9 Å². The summed E-state index contributed by atoms with van der Waals surface area (Å²) in [5, 5.41) is 0. The molecule has 1 amide bonds. The van der Waals surface area contributed by atoms with E-state index in [9.17, 15) is 9.18 Å². The standard InChI is InChI=1S/C20H21FN2O3/c1-25-19-16(6-3-9-22-19)20(24)23-11-13-7-8-18(17(13)12-23)26-15-5-2-4-14(21)10-15/h2-6,9-10,13,17-18H,7-8,11-12H2,1H3/t13-,17+,18-/m0/s1. The lowest BCUT2D eigenvalue weighted by Crippen LogP contribution is -2.32. The van der Waals surface area contributed by atoms with E-state index >= 15 is 0 Å². The second kappa shape index (κ2) is 6.94. The maximum absolute atomic E-state index is 13.4. The van der Waals surface area contributed by atoms with Crippen LogP contribution in [0.2, 0.25) is 0 Å². The molecule has 1 aromatic carbocycles. The Morgan fingerprint density at radius 2 is 2.12 bits per heavy atom. The molecular formula is C20H21FN2O3. The predicted molar refractivity (Wildman–Crippen MR) is 93.7 cm³/mol. The van der Waals surface area contributed by atoms with Crippen molar-refractivity contribution in [3.8, 4) is 11.6 Å². The van der Waals surface area contributed by atoms with Gasteiger partial charge in [-0.25, -0.2) is 9.37 Å². The molecule has 1 aliphatic carbocycles. The zero-order chi connectivity index (χ0) is 18.1. The van der Waals surface area contributed by atoms with Gasteiger partial charge in [-0.3, -0.25) is 4.79 Å². The van der Waals surface area contributed by atoms with Gasteiger partial charge in [-0.1, -0.05) is 6.07 Å². The number of pyridine rings is 1. The number of nitrogens with zero attached hydrogens (tertiary/aromatic N) is 2. The van der Waals surface area contributed by atoms with Gasteiger partial charge in [0.25, 0.3) is 5.91 Å². The van der Waals surface area contributed by atoms with Crippen LogP contribution in [-0.4, -0.2) is 42.1 Å². The third-order valence-electron chi connectivity index (χ3n) is 5.36. The van der Waals surface area contributed by atoms with Gasteiger partial charge < -0.3 is 14.4 Å². The SMILES string of the molecule is COc1ncccc1C(=O)N1C[C@@H]2CC[C@H](Oc3cccc(F)c3)[C@@H]2C1. The Hall–Kier alpha value is -2.63. The largest absolute Gasteiger partial charge is 0.490 e. The van der Waals surface area contributed by atoms with Crippen molar-refractivity contribution in [2.75, 3.05) is 20.2 Å². The Bertz CT molecular complexity index is 813. The van der Waals surface area contributed by atoms with E-state index in [1.54, 1.807) is 30.5 Å². The highest BCUT2D eigenvalue weighted by molar-refractivity contribution is 5.96. The van der Waals surface area contributed by atoms with Crippen LogP contribution in [0.1, 0.15) is 23.2 Å². The number of hydrogen-bond acceptors (Lipinski definition) is 4. The molecule has 2 aliphatic rings. The number of amides is 1. The van der Waals surface area contributed by atoms with Crippen LogP contribution in [0, 0.1) is 17.7 Å². The molecule has 0 radical (unpaired) electrons. The van der Waals surface area contributed by atoms with Crippen LogP contribution in [0.5, 0.6) is 11.6 Å². The van der Waals surface area contributed by atoms with Crippen LogP contribution in [0.15, 0.2) is 42.6 Å². The normalized spacial score (nSPS) is 24.4. The molecule has 0 bridgehead atoms. The number of likely N-dealkylation sites (tertiary alicyclic amines) is 1. The molecule has 2 fully saturated rings. The fraction of sp³-hybridized carbons (Fsp3) is 0.400. The van der Waals surface area contributed by atoms with Gasteiger partial charge in [0.1, 0.15) is 23.2 Å². The minimum Gasteiger partial charge on any atom is -0.490 e. The number of rotatable bonds is 4. The van der Waals surface area contributed by atoms with Gasteiger partial charge >= 0.3 is 0 Å². The second-order valence-electron chi connectivity index (χ2n) is 6.89. The number of hydrogen-bond donors (Lipinski definition) is 0. The summed E-state index contributed by atoms with van der Waals surface area (Å²) in [6, 6.07) is 9.71. The first-order valence-electron chi connectivity index (χ1n) is 8.86. The summed E-state index contributed by atoms with van der Waals surface area (Å²) in [6.07, 6.45) is 3.57. The van der Waals surface area contributed by atoms with E-state index in [1.807, 2.05) is 4.90 Å². The Balaban J connectivity index is 1.46. The smallest absolute Gasteiger partial charge is 0.259 e. The van der Waals surface area contributed by atoms with E-state index in [1.165, 1.54) is 19.2 Å². The zero-order valence-corrected chi connectivity index (χ0v) is 14.6. The van der Waals surface area contributed by atoms with Crippen molar-refractivity contribution in [2.24, 2.45) is 11.8 Å². The summed E-state index contributed by atoms with van der Waals surface area (Å²) in [5.74, 6) is 1.22. The Morgan fingerprint density at radius 3 is 2.92 bits per heavy atom. The highest BCUT2D eigenvalue weighted by Gasteiger charge is 2.45. The van der Waals surface area contributed by atoms with Crippen LogP contribution < -0.4 is 9.47 Å². The molecule has 0 spiro atoms. The van der Waals surface area contributed by atoms with Crippen LogP contribution in [-0.2, 0) is 0 Å². The number of carbonyl (C=O) groups excluding carboxylic acids is 1. The van der Waals surface area contributed by atoms with Crippen molar-refractivity contribution < 1.29 is 18.7 Å². The van der Waals surface area contributed by atoms with E-state index in [0.29, 0.717) is 36.2 Å². The van der Waals surface area contributed by atoms with Crippen molar-refractivity contribution >= 4 is 5.91 Å². The van der Waals surface area contributed by atoms with Crippen molar-refractivity contribution in [1.29, 1.82) is 0 Å². The zero-order valence-electron chi connectivity index (χ0n) is 14.6. The quantitative estimate of drug-likeness (QED) is 0.844. The first-order valence-corrected chi connectivity index (χ1v) is 8.86. The summed E-state index contributed by atoms with van der Waals surface area (Å²) in [4.78, 5) is 18.9. The van der Waals surface area contributed by atoms with Gasteiger partial charge in [0.15, 0.2) is 0 Å². The van der Waals surface area contributed by atoms with E-state index in [4.69, 9.17) is 9.47 Å². The molecule has 26 heavy (non-hydrogen) atoms. The van der Waals surface area contributed by atoms with Gasteiger partial charge in [0, 0.05) is 31.3 Å². The minimum atomic E-state index is -0.302. The fourth-order valence-electron chi connectivity index (χ4n) is 4.13. The number of ether oxygens (including phenoxy) is 2. The summed E-state index contributed by atoms with van der Waals surface area (Å²) in [5.41, 5.74) is 0.484. The molecule has 136 valence electrons. The maximum Gasteiger partial charge on any atom is 0.259 e. The molecule has 0 unspecified atom stereocenters. The number of aromatic nitrogens is 1. The van der Waals surface area contributed by atoms with Gasteiger partial charge in [-0.2, -0.15) is 0 Å². The van der Waals surface area contributed by atoms with Crippen LogP contribution in [0.4, 0.5) is 4.39 Å². The average Bonchev–Trinajstić information content (AvgIpc) is 3.23. The van der Waals surface area contributed by atoms with E-state index < -0.39 is 0 Å². The highest BCUT2D eigenvalue weighted by atomic mass is 19.1. The molecule has 0 N–H and O–H groups in total. The average molecular weight is 356 g/mol. The number of halogens is 1. The van der Waals surface area contributed by atoms with Crippen molar-refractivity contribution in [3.63, 3.8) is 0 Å². The number of fused-ring (bicyclic) bond motifs is 1. The lowest BCUT2D eigenvalue weighted by atomic mass is 9.99. The maximum atomic E-state index is 13.4. The van der Waals surface area contributed by atoms with Gasteiger partial charge in [0.05, 0.1) is 7.11 Å². The lowest BCUT2D eigenvalue weighted by Gasteiger charge is -2.22. The molecule has 2 aromatic rings. The Kier molecular flexibility index (Phi) is 4.49. The van der Waals surface area contributed by atoms with Crippen molar-refractivity contribution in [3.05, 3.63) is 54.0 Å². The van der Waals surface area contributed by atoms with Crippen LogP contribution in [0.3, 0.4) is 0 Å². The summed E-state index contributed by atoms with van der Waals surface area (Å²) >= 11 is 0. The molecule has 1 aromatic heterocycles. The summed E-state index contributed by atoms with van der Waals surface area (Å²) in [7, 11) is 1.51. The third-order valence-corrected chi connectivity index (χ3v) is 5.36. The van der Waals surface area contributed by atoms with Gasteiger partial charge in [0.2, 0.25) is 5.88 Å². The number of methoxy groups -OCH3 is 1. The Morgan fingerprint density at radius 1 is 1.23 bits per heavy atom. The van der Waals surface area contributed by atoms with E-state index in [0.717, 1.165) is 12.8 Å². The summed E-state index contributed by atoms with van der Waals surface area (Å²) < 4.78 is 24.6. The summed E-state index contributed by atoms with van der Waals surface area (Å²) in [6.45, 7) is 1.35. The van der Waals surface area contributed by atoms with Gasteiger partial charge in [-0.05, 0) is 43.0 Å². The first-order chi connectivity index (χ1) is 12.7. The molecule has 3 atom stereocenters. The monoisotopic (exact) mass is 356 g/mol. The lowest BCUT2D eigenvalue weighted by molar-refractivity contribution is 0.0758. The fourth-order valence-corrected chi connectivity index (χ4v) is 4.13. The van der Waals surface area contributed by atoms with E-state index in [2.05, 4.69) is 4.98 Å². The van der Waals surface area contributed by atoms with Gasteiger partial charge in [-0.15, -0.1) is 0 Å². The second-order valence-corrected chi connectivity index (χ2v) is 6.89.